The van der Waals surface area contributed by atoms with Crippen molar-refractivity contribution in [3.8, 4) is 0 Å². The average molecular weight is 290 g/mol. The Morgan fingerprint density at radius 2 is 2.10 bits per heavy atom. The predicted molar refractivity (Wildman–Crippen MR) is 82.5 cm³/mol. The van der Waals surface area contributed by atoms with E-state index in [1.807, 2.05) is 43.3 Å². The van der Waals surface area contributed by atoms with E-state index >= 15 is 0 Å². The second kappa shape index (κ2) is 6.30. The topological polar surface area (TPSA) is 70.6 Å². The lowest BCUT2D eigenvalue weighted by Gasteiger charge is -2.09. The second-order valence-electron chi connectivity index (χ2n) is 4.50. The lowest BCUT2D eigenvalue weighted by atomic mass is 10.1. The van der Waals surface area contributed by atoms with Crippen molar-refractivity contribution >= 4 is 23.1 Å². The van der Waals surface area contributed by atoms with Gasteiger partial charge in [0.25, 0.3) is 0 Å². The predicted octanol–water partition coefficient (Wildman–Crippen LogP) is 3.36. The highest BCUT2D eigenvalue weighted by atomic mass is 35.5. The standard InChI is InChI=1S/C15H16ClN3O/c1-10-5-6-13(8-14(10)16)18-9-11-3-2-4-12(7-11)15(17)19-20/h2-8,18,20H,9H2,1H3,(H2,17,19). The lowest BCUT2D eigenvalue weighted by Crippen LogP contribution is -2.13. The number of nitrogens with one attached hydrogen (secondary N) is 1. The van der Waals surface area contributed by atoms with Gasteiger partial charge in [-0.3, -0.25) is 0 Å². The third kappa shape index (κ3) is 3.42. The first kappa shape index (κ1) is 14.2. The molecule has 0 fully saturated rings. The molecule has 0 unspecified atom stereocenters. The third-order valence-electron chi connectivity index (χ3n) is 3.00. The maximum absolute atomic E-state index is 8.68. The van der Waals surface area contributed by atoms with Gasteiger partial charge in [0.1, 0.15) is 0 Å². The summed E-state index contributed by atoms with van der Waals surface area (Å²) in [6.45, 7) is 2.60. The van der Waals surface area contributed by atoms with Crippen LogP contribution in [0.5, 0.6) is 0 Å². The van der Waals surface area contributed by atoms with Gasteiger partial charge in [0.2, 0.25) is 0 Å². The van der Waals surface area contributed by atoms with E-state index in [0.29, 0.717) is 12.1 Å². The molecular formula is C15H16ClN3O. The molecule has 0 radical (unpaired) electrons. The molecule has 0 aromatic heterocycles. The van der Waals surface area contributed by atoms with E-state index in [2.05, 4.69) is 10.5 Å². The highest BCUT2D eigenvalue weighted by Crippen LogP contribution is 2.20. The van der Waals surface area contributed by atoms with Crippen LogP contribution in [-0.2, 0) is 6.54 Å². The fraction of sp³-hybridized carbons (Fsp3) is 0.133. The van der Waals surface area contributed by atoms with E-state index in [0.717, 1.165) is 21.8 Å². The Kier molecular flexibility index (Phi) is 4.48. The number of benzene rings is 2. The molecule has 2 aromatic rings. The van der Waals surface area contributed by atoms with Crippen molar-refractivity contribution in [3.05, 3.63) is 64.2 Å². The lowest BCUT2D eigenvalue weighted by molar-refractivity contribution is 0.318. The minimum atomic E-state index is 0.102. The summed E-state index contributed by atoms with van der Waals surface area (Å²) >= 11 is 6.08. The van der Waals surface area contributed by atoms with E-state index in [9.17, 15) is 0 Å². The number of halogens is 1. The Morgan fingerprint density at radius 1 is 1.30 bits per heavy atom. The normalized spacial score (nSPS) is 11.4. The molecule has 20 heavy (non-hydrogen) atoms. The van der Waals surface area contributed by atoms with Crippen molar-refractivity contribution in [1.29, 1.82) is 0 Å². The highest BCUT2D eigenvalue weighted by Gasteiger charge is 2.02. The zero-order valence-electron chi connectivity index (χ0n) is 11.1. The van der Waals surface area contributed by atoms with Crippen LogP contribution in [0.4, 0.5) is 5.69 Å². The molecule has 0 aliphatic carbocycles. The Balaban J connectivity index is 2.09. The van der Waals surface area contributed by atoms with Gasteiger partial charge in [-0.05, 0) is 36.2 Å². The molecule has 0 aliphatic rings. The van der Waals surface area contributed by atoms with Crippen LogP contribution in [0, 0.1) is 6.92 Å². The number of hydrogen-bond donors (Lipinski definition) is 3. The zero-order valence-corrected chi connectivity index (χ0v) is 11.9. The van der Waals surface area contributed by atoms with Gasteiger partial charge in [-0.1, -0.05) is 41.0 Å². The monoisotopic (exact) mass is 289 g/mol. The fourth-order valence-corrected chi connectivity index (χ4v) is 1.99. The molecule has 0 heterocycles. The van der Waals surface area contributed by atoms with E-state index in [1.165, 1.54) is 0 Å². The number of aryl methyl sites for hydroxylation is 1. The number of anilines is 1. The molecule has 0 aliphatic heterocycles. The van der Waals surface area contributed by atoms with Crippen LogP contribution in [-0.4, -0.2) is 11.0 Å². The van der Waals surface area contributed by atoms with Crippen LogP contribution >= 0.6 is 11.6 Å². The molecule has 5 heteroatoms. The Morgan fingerprint density at radius 3 is 2.80 bits per heavy atom. The number of nitrogens with zero attached hydrogens (tertiary/aromatic N) is 1. The van der Waals surface area contributed by atoms with Crippen LogP contribution in [0.15, 0.2) is 47.6 Å². The molecule has 104 valence electrons. The van der Waals surface area contributed by atoms with E-state index in [4.69, 9.17) is 22.5 Å². The summed E-state index contributed by atoms with van der Waals surface area (Å²) in [5.74, 6) is 0.102. The van der Waals surface area contributed by atoms with Gasteiger partial charge in [-0.15, -0.1) is 0 Å². The molecule has 0 atom stereocenters. The van der Waals surface area contributed by atoms with Gasteiger partial charge in [0.15, 0.2) is 5.84 Å². The molecule has 4 N–H and O–H groups in total. The Bertz CT molecular complexity index is 641. The quantitative estimate of drug-likeness (QED) is 0.350. The van der Waals surface area contributed by atoms with E-state index in [1.54, 1.807) is 6.07 Å². The summed E-state index contributed by atoms with van der Waals surface area (Å²) in [5, 5.41) is 15.7. The largest absolute Gasteiger partial charge is 0.409 e. The van der Waals surface area contributed by atoms with Crippen molar-refractivity contribution < 1.29 is 5.21 Å². The minimum Gasteiger partial charge on any atom is -0.409 e. The molecule has 0 saturated heterocycles. The molecule has 2 aromatic carbocycles. The first-order valence-electron chi connectivity index (χ1n) is 6.17. The molecular weight excluding hydrogens is 274 g/mol. The summed E-state index contributed by atoms with van der Waals surface area (Å²) in [6, 6.07) is 13.3. The maximum Gasteiger partial charge on any atom is 0.170 e. The van der Waals surface area contributed by atoms with Crippen LogP contribution in [0.3, 0.4) is 0 Å². The van der Waals surface area contributed by atoms with Crippen LogP contribution < -0.4 is 11.1 Å². The van der Waals surface area contributed by atoms with Crippen LogP contribution in [0.2, 0.25) is 5.02 Å². The summed E-state index contributed by atoms with van der Waals surface area (Å²) in [4.78, 5) is 0. The average Bonchev–Trinajstić information content (AvgIpc) is 2.48. The van der Waals surface area contributed by atoms with Gasteiger partial charge in [0.05, 0.1) is 0 Å². The molecule has 0 amide bonds. The number of oxime groups is 1. The molecule has 2 rings (SSSR count). The van der Waals surface area contributed by atoms with Gasteiger partial charge in [0, 0.05) is 22.8 Å². The van der Waals surface area contributed by atoms with E-state index < -0.39 is 0 Å². The van der Waals surface area contributed by atoms with Crippen molar-refractivity contribution in [2.24, 2.45) is 10.9 Å². The van der Waals surface area contributed by atoms with Gasteiger partial charge in [-0.25, -0.2) is 0 Å². The minimum absolute atomic E-state index is 0.102. The molecule has 0 bridgehead atoms. The van der Waals surface area contributed by atoms with E-state index in [-0.39, 0.29) is 5.84 Å². The Hall–Kier alpha value is -2.20. The first-order valence-corrected chi connectivity index (χ1v) is 6.55. The summed E-state index contributed by atoms with van der Waals surface area (Å²) in [7, 11) is 0. The SMILES string of the molecule is Cc1ccc(NCc2cccc(C(N)=NO)c2)cc1Cl. The number of hydrogen-bond acceptors (Lipinski definition) is 3. The zero-order chi connectivity index (χ0) is 14.5. The number of nitrogens with two attached hydrogens (primary N) is 1. The Labute approximate surface area is 122 Å². The summed E-state index contributed by atoms with van der Waals surface area (Å²) in [5.41, 5.74) is 9.29. The highest BCUT2D eigenvalue weighted by molar-refractivity contribution is 6.31. The smallest absolute Gasteiger partial charge is 0.170 e. The summed E-state index contributed by atoms with van der Waals surface area (Å²) in [6.07, 6.45) is 0. The third-order valence-corrected chi connectivity index (χ3v) is 3.41. The fourth-order valence-electron chi connectivity index (χ4n) is 1.81. The van der Waals surface area contributed by atoms with Crippen molar-refractivity contribution in [3.63, 3.8) is 0 Å². The van der Waals surface area contributed by atoms with Crippen LogP contribution in [0.1, 0.15) is 16.7 Å². The van der Waals surface area contributed by atoms with Gasteiger partial charge >= 0.3 is 0 Å². The van der Waals surface area contributed by atoms with Gasteiger partial charge < -0.3 is 16.3 Å². The van der Waals surface area contributed by atoms with Crippen LogP contribution in [0.25, 0.3) is 0 Å². The molecule has 0 saturated carbocycles. The molecule has 0 spiro atoms. The maximum atomic E-state index is 8.68. The van der Waals surface area contributed by atoms with Crippen molar-refractivity contribution in [2.75, 3.05) is 5.32 Å². The van der Waals surface area contributed by atoms with Crippen molar-refractivity contribution in [2.45, 2.75) is 13.5 Å². The number of amidine groups is 1. The first-order chi connectivity index (χ1) is 9.60. The summed E-state index contributed by atoms with van der Waals surface area (Å²) < 4.78 is 0. The number of rotatable bonds is 4. The second-order valence-corrected chi connectivity index (χ2v) is 4.91. The molecule has 4 nitrogen and oxygen atoms in total. The van der Waals surface area contributed by atoms with Gasteiger partial charge in [-0.2, -0.15) is 0 Å². The van der Waals surface area contributed by atoms with Crippen molar-refractivity contribution in [1.82, 2.24) is 0 Å².